The first-order valence-corrected chi connectivity index (χ1v) is 6.54. The summed E-state index contributed by atoms with van der Waals surface area (Å²) in [6.45, 7) is 2.33. The van der Waals surface area contributed by atoms with E-state index >= 15 is 0 Å². The van der Waals surface area contributed by atoms with Crippen LogP contribution in [0, 0.1) is 18.8 Å². The number of alkyl halides is 2. The van der Waals surface area contributed by atoms with Gasteiger partial charge in [0.15, 0.2) is 0 Å². The van der Waals surface area contributed by atoms with Gasteiger partial charge in [-0.05, 0) is 37.6 Å². The Morgan fingerprint density at radius 3 is 2.62 bits per heavy atom. The topological polar surface area (TPSA) is 50.4 Å². The normalized spacial score (nSPS) is 15.9. The molecular formula is C14H19ClF2N2O2. The van der Waals surface area contributed by atoms with Gasteiger partial charge >= 0.3 is 6.61 Å². The van der Waals surface area contributed by atoms with Crippen LogP contribution in [0.1, 0.15) is 12.5 Å². The maximum atomic E-state index is 12.3. The van der Waals surface area contributed by atoms with Gasteiger partial charge in [-0.25, -0.2) is 0 Å². The first-order chi connectivity index (χ1) is 9.47. The molecule has 0 aromatic heterocycles. The largest absolute Gasteiger partial charge is 0.434 e. The number of benzene rings is 1. The average Bonchev–Trinajstić information content (AvgIpc) is 2.30. The smallest absolute Gasteiger partial charge is 0.387 e. The molecule has 1 fully saturated rings. The van der Waals surface area contributed by atoms with E-state index in [1.807, 2.05) is 6.92 Å². The van der Waals surface area contributed by atoms with Gasteiger partial charge in [-0.15, -0.1) is 12.4 Å². The second-order valence-electron chi connectivity index (χ2n) is 5.06. The van der Waals surface area contributed by atoms with E-state index in [9.17, 15) is 13.6 Å². The molecule has 1 amide bonds. The summed E-state index contributed by atoms with van der Waals surface area (Å²) in [6.07, 6.45) is 0. The van der Waals surface area contributed by atoms with Crippen LogP contribution >= 0.6 is 12.4 Å². The summed E-state index contributed by atoms with van der Waals surface area (Å²) < 4.78 is 28.9. The van der Waals surface area contributed by atoms with Crippen LogP contribution in [0.5, 0.6) is 5.75 Å². The summed E-state index contributed by atoms with van der Waals surface area (Å²) >= 11 is 0. The molecule has 1 aromatic carbocycles. The highest BCUT2D eigenvalue weighted by Gasteiger charge is 2.28. The molecule has 1 heterocycles. The Kier molecular flexibility index (Phi) is 6.36. The van der Waals surface area contributed by atoms with Crippen LogP contribution < -0.4 is 15.4 Å². The quantitative estimate of drug-likeness (QED) is 0.877. The van der Waals surface area contributed by atoms with Crippen molar-refractivity contribution in [2.24, 2.45) is 11.8 Å². The zero-order valence-electron chi connectivity index (χ0n) is 11.9. The van der Waals surface area contributed by atoms with E-state index in [0.717, 1.165) is 13.1 Å². The van der Waals surface area contributed by atoms with Crippen LogP contribution in [0.2, 0.25) is 0 Å². The monoisotopic (exact) mass is 320 g/mol. The molecule has 21 heavy (non-hydrogen) atoms. The second-order valence-corrected chi connectivity index (χ2v) is 5.06. The van der Waals surface area contributed by atoms with E-state index in [1.54, 1.807) is 19.1 Å². The lowest BCUT2D eigenvalue weighted by Crippen LogP contribution is -2.48. The molecule has 1 atom stereocenters. The fourth-order valence-electron chi connectivity index (χ4n) is 2.04. The predicted molar refractivity (Wildman–Crippen MR) is 79.2 cm³/mol. The Balaban J connectivity index is 0.00000220. The number of carbonyl (C=O) groups excluding carboxylic acids is 1. The lowest BCUT2D eigenvalue weighted by molar-refractivity contribution is -0.121. The molecule has 1 saturated heterocycles. The number of nitrogens with one attached hydrogen (secondary N) is 2. The molecule has 1 aromatic rings. The number of carbonyl (C=O) groups is 1. The molecule has 0 aliphatic carbocycles. The molecule has 1 aliphatic rings. The zero-order valence-corrected chi connectivity index (χ0v) is 12.7. The van der Waals surface area contributed by atoms with E-state index < -0.39 is 6.61 Å². The summed E-state index contributed by atoms with van der Waals surface area (Å²) in [5.41, 5.74) is 1.06. The number of ether oxygens (including phenoxy) is 1. The summed E-state index contributed by atoms with van der Waals surface area (Å²) in [5.74, 6) is 0.188. The standard InChI is InChI=1S/C14H18F2N2O2.ClH/c1-8-3-4-11(5-12(8)20-14(15)16)18-13(19)9(2)10-6-17-7-10;/h3-5,9-10,14,17H,6-7H2,1-2H3,(H,18,19);1H. The average molecular weight is 321 g/mol. The predicted octanol–water partition coefficient (Wildman–Crippen LogP) is 2.81. The highest BCUT2D eigenvalue weighted by atomic mass is 35.5. The van der Waals surface area contributed by atoms with Crippen molar-refractivity contribution in [1.82, 2.24) is 5.32 Å². The van der Waals surface area contributed by atoms with Crippen molar-refractivity contribution < 1.29 is 18.3 Å². The zero-order chi connectivity index (χ0) is 14.7. The van der Waals surface area contributed by atoms with Crippen LogP contribution in [0.25, 0.3) is 0 Å². The molecule has 0 saturated carbocycles. The van der Waals surface area contributed by atoms with Gasteiger partial charge < -0.3 is 15.4 Å². The number of halogens is 3. The number of amides is 1. The first kappa shape index (κ1) is 17.7. The fourth-order valence-corrected chi connectivity index (χ4v) is 2.04. The SMILES string of the molecule is Cc1ccc(NC(=O)C(C)C2CNC2)cc1OC(F)F.Cl. The Hall–Kier alpha value is -1.40. The van der Waals surface area contributed by atoms with Crippen molar-refractivity contribution in [1.29, 1.82) is 0 Å². The molecule has 118 valence electrons. The van der Waals surface area contributed by atoms with Gasteiger partial charge in [0.2, 0.25) is 5.91 Å². The van der Waals surface area contributed by atoms with Crippen LogP contribution in [-0.4, -0.2) is 25.6 Å². The van der Waals surface area contributed by atoms with Gasteiger partial charge in [-0.1, -0.05) is 13.0 Å². The Bertz CT molecular complexity index is 496. The number of hydrogen-bond donors (Lipinski definition) is 2. The van der Waals surface area contributed by atoms with Gasteiger partial charge in [0, 0.05) is 17.7 Å². The van der Waals surface area contributed by atoms with Crippen molar-refractivity contribution in [3.63, 3.8) is 0 Å². The number of anilines is 1. The van der Waals surface area contributed by atoms with Gasteiger partial charge in [-0.2, -0.15) is 8.78 Å². The molecule has 0 bridgehead atoms. The van der Waals surface area contributed by atoms with Crippen molar-refractivity contribution in [3.8, 4) is 5.75 Å². The van der Waals surface area contributed by atoms with Crippen LogP contribution in [-0.2, 0) is 4.79 Å². The minimum absolute atomic E-state index is 0. The lowest BCUT2D eigenvalue weighted by atomic mass is 9.88. The fraction of sp³-hybridized carbons (Fsp3) is 0.500. The molecule has 0 radical (unpaired) electrons. The van der Waals surface area contributed by atoms with Gasteiger partial charge in [0.05, 0.1) is 0 Å². The van der Waals surface area contributed by atoms with E-state index in [0.29, 0.717) is 17.2 Å². The van der Waals surface area contributed by atoms with Crippen LogP contribution in [0.4, 0.5) is 14.5 Å². The number of aryl methyl sites for hydroxylation is 1. The maximum Gasteiger partial charge on any atom is 0.387 e. The van der Waals surface area contributed by atoms with Crippen molar-refractivity contribution in [2.75, 3.05) is 18.4 Å². The summed E-state index contributed by atoms with van der Waals surface area (Å²) in [7, 11) is 0. The molecule has 1 aliphatic heterocycles. The van der Waals surface area contributed by atoms with Gasteiger partial charge in [0.1, 0.15) is 5.75 Å². The summed E-state index contributed by atoms with van der Waals surface area (Å²) in [5, 5.41) is 5.86. The molecular weight excluding hydrogens is 302 g/mol. The molecule has 1 unspecified atom stereocenters. The van der Waals surface area contributed by atoms with Crippen molar-refractivity contribution in [2.45, 2.75) is 20.5 Å². The maximum absolute atomic E-state index is 12.3. The van der Waals surface area contributed by atoms with Gasteiger partial charge in [0.25, 0.3) is 0 Å². The minimum atomic E-state index is -2.88. The lowest BCUT2D eigenvalue weighted by Gasteiger charge is -2.31. The van der Waals surface area contributed by atoms with E-state index in [-0.39, 0.29) is 30.0 Å². The Morgan fingerprint density at radius 2 is 2.10 bits per heavy atom. The third-order valence-electron chi connectivity index (χ3n) is 3.61. The van der Waals surface area contributed by atoms with E-state index in [4.69, 9.17) is 0 Å². The molecule has 2 rings (SSSR count). The number of hydrogen-bond acceptors (Lipinski definition) is 3. The van der Waals surface area contributed by atoms with E-state index in [2.05, 4.69) is 15.4 Å². The summed E-state index contributed by atoms with van der Waals surface area (Å²) in [4.78, 5) is 12.0. The molecule has 4 nitrogen and oxygen atoms in total. The van der Waals surface area contributed by atoms with E-state index in [1.165, 1.54) is 6.07 Å². The third-order valence-corrected chi connectivity index (χ3v) is 3.61. The van der Waals surface area contributed by atoms with Crippen molar-refractivity contribution in [3.05, 3.63) is 23.8 Å². The second kappa shape index (κ2) is 7.56. The molecule has 2 N–H and O–H groups in total. The highest BCUT2D eigenvalue weighted by molar-refractivity contribution is 5.92. The van der Waals surface area contributed by atoms with Crippen LogP contribution in [0.3, 0.4) is 0 Å². The highest BCUT2D eigenvalue weighted by Crippen LogP contribution is 2.25. The molecule has 7 heteroatoms. The first-order valence-electron chi connectivity index (χ1n) is 6.54. The Labute approximate surface area is 128 Å². The summed E-state index contributed by atoms with van der Waals surface area (Å²) in [6, 6.07) is 4.74. The Morgan fingerprint density at radius 1 is 1.43 bits per heavy atom. The van der Waals surface area contributed by atoms with Gasteiger partial charge in [-0.3, -0.25) is 4.79 Å². The van der Waals surface area contributed by atoms with Crippen molar-refractivity contribution >= 4 is 24.0 Å². The number of rotatable bonds is 5. The molecule has 0 spiro atoms. The third kappa shape index (κ3) is 4.54. The minimum Gasteiger partial charge on any atom is -0.434 e. The van der Waals surface area contributed by atoms with Crippen LogP contribution in [0.15, 0.2) is 18.2 Å².